The van der Waals surface area contributed by atoms with Crippen LogP contribution in [0, 0.1) is 0 Å². The van der Waals surface area contributed by atoms with Crippen molar-refractivity contribution in [2.45, 2.75) is 53.9 Å². The van der Waals surface area contributed by atoms with Crippen molar-refractivity contribution >= 4 is 5.78 Å². The summed E-state index contributed by atoms with van der Waals surface area (Å²) in [5.41, 5.74) is 5.72. The fraction of sp³-hybridized carbons (Fsp3) is 0.320. The first-order chi connectivity index (χ1) is 12.4. The van der Waals surface area contributed by atoms with Crippen LogP contribution >= 0.6 is 0 Å². The van der Waals surface area contributed by atoms with Crippen LogP contribution in [0.15, 0.2) is 94.7 Å². The number of carbonyl (C=O) groups is 1. The lowest BCUT2D eigenvalue weighted by molar-refractivity contribution is -0.116. The van der Waals surface area contributed by atoms with Crippen LogP contribution in [0.1, 0.15) is 53.9 Å². The fourth-order valence-corrected chi connectivity index (χ4v) is 2.63. The fourth-order valence-electron chi connectivity index (χ4n) is 2.63. The molecule has 138 valence electrons. The molecule has 0 saturated carbocycles. The predicted octanol–water partition coefficient (Wildman–Crippen LogP) is 7.14. The lowest BCUT2D eigenvalue weighted by Crippen LogP contribution is -2.07. The topological polar surface area (TPSA) is 17.1 Å². The van der Waals surface area contributed by atoms with Gasteiger partial charge in [-0.25, -0.2) is 0 Å². The number of Topliss-reactive ketones (excluding diaryl/α,β-unsaturated/α-hetero) is 1. The second-order valence-electron chi connectivity index (χ2n) is 6.74. The van der Waals surface area contributed by atoms with E-state index in [1.807, 2.05) is 32.1 Å². The molecule has 0 unspecified atom stereocenters. The van der Waals surface area contributed by atoms with Crippen LogP contribution in [0.3, 0.4) is 0 Å². The molecule has 0 aromatic carbocycles. The Kier molecular flexibility index (Phi) is 10.0. The third-order valence-electron chi connectivity index (χ3n) is 4.27. The van der Waals surface area contributed by atoms with Crippen LogP contribution in [0.5, 0.6) is 0 Å². The van der Waals surface area contributed by atoms with Crippen molar-refractivity contribution < 1.29 is 4.79 Å². The molecular weight excluding hydrogens is 316 g/mol. The second-order valence-corrected chi connectivity index (χ2v) is 6.74. The Labute approximate surface area is 159 Å². The molecular formula is C25H32O. The summed E-state index contributed by atoms with van der Waals surface area (Å²) in [6, 6.07) is 0. The quantitative estimate of drug-likeness (QED) is 0.447. The Morgan fingerprint density at radius 3 is 2.04 bits per heavy atom. The summed E-state index contributed by atoms with van der Waals surface area (Å²) in [5, 5.41) is 0. The van der Waals surface area contributed by atoms with Crippen molar-refractivity contribution in [3.63, 3.8) is 0 Å². The minimum atomic E-state index is 0.293. The van der Waals surface area contributed by atoms with Crippen molar-refractivity contribution in [1.82, 2.24) is 0 Å². The van der Waals surface area contributed by atoms with Gasteiger partial charge in [-0.2, -0.15) is 0 Å². The zero-order valence-electron chi connectivity index (χ0n) is 16.9. The van der Waals surface area contributed by atoms with Gasteiger partial charge in [0.1, 0.15) is 0 Å². The summed E-state index contributed by atoms with van der Waals surface area (Å²) in [7, 11) is 0. The number of hydrogen-bond acceptors (Lipinski definition) is 1. The maximum atomic E-state index is 11.7. The minimum Gasteiger partial charge on any atom is -0.295 e. The molecule has 1 nitrogen and oxygen atoms in total. The molecule has 1 aliphatic rings. The molecule has 0 aromatic rings. The average Bonchev–Trinajstić information content (AvgIpc) is 2.60. The van der Waals surface area contributed by atoms with E-state index in [-0.39, 0.29) is 0 Å². The van der Waals surface area contributed by atoms with E-state index >= 15 is 0 Å². The first-order valence-corrected chi connectivity index (χ1v) is 9.34. The normalized spacial score (nSPS) is 18.5. The Morgan fingerprint density at radius 1 is 0.808 bits per heavy atom. The zero-order chi connectivity index (χ0) is 19.4. The van der Waals surface area contributed by atoms with Crippen molar-refractivity contribution in [1.29, 1.82) is 0 Å². The summed E-state index contributed by atoms with van der Waals surface area (Å²) in [6.07, 6.45) is 25.5. The third kappa shape index (κ3) is 8.62. The molecule has 0 bridgehead atoms. The molecule has 1 heteroatoms. The molecule has 26 heavy (non-hydrogen) atoms. The van der Waals surface area contributed by atoms with Gasteiger partial charge in [0, 0.05) is 6.42 Å². The lowest BCUT2D eigenvalue weighted by atomic mass is 9.91. The van der Waals surface area contributed by atoms with Crippen LogP contribution in [-0.4, -0.2) is 5.78 Å². The van der Waals surface area contributed by atoms with Gasteiger partial charge in [-0.3, -0.25) is 4.79 Å². The van der Waals surface area contributed by atoms with Crippen molar-refractivity contribution in [2.24, 2.45) is 0 Å². The maximum absolute atomic E-state index is 11.7. The van der Waals surface area contributed by atoms with Crippen molar-refractivity contribution in [3.8, 4) is 0 Å². The zero-order valence-corrected chi connectivity index (χ0v) is 16.9. The number of allylic oxidation sites excluding steroid dienone is 16. The van der Waals surface area contributed by atoms with Gasteiger partial charge in [-0.1, -0.05) is 83.6 Å². The van der Waals surface area contributed by atoms with E-state index in [2.05, 4.69) is 69.4 Å². The molecule has 0 radical (unpaired) electrons. The average molecular weight is 349 g/mol. The van der Waals surface area contributed by atoms with E-state index in [0.29, 0.717) is 12.2 Å². The summed E-state index contributed by atoms with van der Waals surface area (Å²) < 4.78 is 0. The summed E-state index contributed by atoms with van der Waals surface area (Å²) in [6.45, 7) is 10.2. The number of hydrogen-bond donors (Lipinski definition) is 0. The Morgan fingerprint density at radius 2 is 1.38 bits per heavy atom. The standard InChI is InChI=1S/C25H32O/c1-6-11-20(2)14-9-15-21(3)12-7-8-13-22(4)18-19-24-16-10-17-25(26)23(24)5/h6-9,11-15,18-19H,10,16-17H2,1-5H3/b8-7+,11-6+,15-9+,19-18+,20-14+,21-12+,22-13+. The molecule has 0 spiro atoms. The van der Waals surface area contributed by atoms with E-state index in [1.54, 1.807) is 0 Å². The minimum absolute atomic E-state index is 0.293. The van der Waals surface area contributed by atoms with E-state index in [1.165, 1.54) is 22.3 Å². The molecule has 0 amide bonds. The maximum Gasteiger partial charge on any atom is 0.158 e. The molecule has 0 saturated heterocycles. The van der Waals surface area contributed by atoms with Gasteiger partial charge in [0.05, 0.1) is 0 Å². The highest BCUT2D eigenvalue weighted by atomic mass is 16.1. The van der Waals surface area contributed by atoms with Crippen LogP contribution in [0.2, 0.25) is 0 Å². The first-order valence-electron chi connectivity index (χ1n) is 9.34. The molecule has 0 heterocycles. The molecule has 1 rings (SSSR count). The Bertz CT molecular complexity index is 728. The van der Waals surface area contributed by atoms with Gasteiger partial charge in [-0.05, 0) is 58.6 Å². The molecule has 0 atom stereocenters. The van der Waals surface area contributed by atoms with Crippen LogP contribution in [0.25, 0.3) is 0 Å². The van der Waals surface area contributed by atoms with E-state index < -0.39 is 0 Å². The number of rotatable bonds is 7. The Balaban J connectivity index is 2.61. The molecule has 0 N–H and O–H groups in total. The highest BCUT2D eigenvalue weighted by Crippen LogP contribution is 2.22. The molecule has 0 aliphatic heterocycles. The van der Waals surface area contributed by atoms with Gasteiger partial charge < -0.3 is 0 Å². The first kappa shape index (κ1) is 21.6. The summed E-state index contributed by atoms with van der Waals surface area (Å²) in [5.74, 6) is 0.293. The summed E-state index contributed by atoms with van der Waals surface area (Å²) in [4.78, 5) is 11.7. The smallest absolute Gasteiger partial charge is 0.158 e. The summed E-state index contributed by atoms with van der Waals surface area (Å²) >= 11 is 0. The van der Waals surface area contributed by atoms with Gasteiger partial charge >= 0.3 is 0 Å². The molecule has 1 aliphatic carbocycles. The van der Waals surface area contributed by atoms with E-state index in [4.69, 9.17) is 0 Å². The van der Waals surface area contributed by atoms with Crippen molar-refractivity contribution in [2.75, 3.05) is 0 Å². The lowest BCUT2D eigenvalue weighted by Gasteiger charge is -2.13. The highest BCUT2D eigenvalue weighted by Gasteiger charge is 2.14. The van der Waals surface area contributed by atoms with Crippen molar-refractivity contribution in [3.05, 3.63) is 94.7 Å². The largest absolute Gasteiger partial charge is 0.295 e. The van der Waals surface area contributed by atoms with Gasteiger partial charge in [0.2, 0.25) is 0 Å². The second kappa shape index (κ2) is 12.0. The van der Waals surface area contributed by atoms with E-state index in [9.17, 15) is 4.79 Å². The molecule has 0 aromatic heterocycles. The predicted molar refractivity (Wildman–Crippen MR) is 115 cm³/mol. The van der Waals surface area contributed by atoms with Gasteiger partial charge in [0.15, 0.2) is 5.78 Å². The Hall–Kier alpha value is -2.41. The highest BCUT2D eigenvalue weighted by molar-refractivity contribution is 5.96. The van der Waals surface area contributed by atoms with Gasteiger partial charge in [0.25, 0.3) is 0 Å². The molecule has 0 fully saturated rings. The number of ketones is 1. The van der Waals surface area contributed by atoms with Crippen LogP contribution in [-0.2, 0) is 4.79 Å². The van der Waals surface area contributed by atoms with E-state index in [0.717, 1.165) is 18.4 Å². The van der Waals surface area contributed by atoms with Crippen LogP contribution in [0.4, 0.5) is 0 Å². The van der Waals surface area contributed by atoms with Crippen LogP contribution < -0.4 is 0 Å². The number of carbonyl (C=O) groups excluding carboxylic acids is 1. The van der Waals surface area contributed by atoms with Gasteiger partial charge in [-0.15, -0.1) is 0 Å². The SMILES string of the molecule is C/C=C/C(C)=C/C=C/C(C)=C/C=C/C=C(C)/C=C/C1=C(C)C(=O)CCC1. The third-order valence-corrected chi connectivity index (χ3v) is 4.27. The monoisotopic (exact) mass is 348 g/mol.